The van der Waals surface area contributed by atoms with Gasteiger partial charge in [0.25, 0.3) is 0 Å². The molecule has 2 fully saturated rings. The van der Waals surface area contributed by atoms with Crippen molar-refractivity contribution >= 4 is 29.0 Å². The van der Waals surface area contributed by atoms with E-state index in [4.69, 9.17) is 11.6 Å². The van der Waals surface area contributed by atoms with Crippen molar-refractivity contribution in [1.29, 1.82) is 0 Å². The summed E-state index contributed by atoms with van der Waals surface area (Å²) >= 11 is 5.90. The quantitative estimate of drug-likeness (QED) is 0.764. The molecule has 1 aromatic rings. The molecular weight excluding hydrogens is 280 g/mol. The summed E-state index contributed by atoms with van der Waals surface area (Å²) in [4.78, 5) is 22.2. The van der Waals surface area contributed by atoms with Crippen LogP contribution in [0.1, 0.15) is 32.1 Å². The zero-order chi connectivity index (χ0) is 14.0. The monoisotopic (exact) mass is 294 g/mol. The molecule has 7 heteroatoms. The number of carbonyl (C=O) groups excluding carboxylic acids is 1. The van der Waals surface area contributed by atoms with Crippen LogP contribution >= 0.6 is 11.6 Å². The number of nitrogens with zero attached hydrogens (tertiary/aromatic N) is 3. The van der Waals surface area contributed by atoms with E-state index in [1.54, 1.807) is 6.20 Å². The second kappa shape index (κ2) is 3.83. The van der Waals surface area contributed by atoms with E-state index < -0.39 is 5.60 Å². The number of halogens is 1. The molecule has 0 radical (unpaired) electrons. The van der Waals surface area contributed by atoms with Crippen LogP contribution in [0.2, 0.25) is 5.28 Å². The predicted octanol–water partition coefficient (Wildman–Crippen LogP) is 1.34. The maximum absolute atomic E-state index is 11.9. The summed E-state index contributed by atoms with van der Waals surface area (Å²) in [7, 11) is 0. The Labute approximate surface area is 121 Å². The van der Waals surface area contributed by atoms with E-state index in [1.807, 2.05) is 4.90 Å². The number of aliphatic hydroxyl groups is 1. The van der Waals surface area contributed by atoms with Crippen molar-refractivity contribution in [3.63, 3.8) is 0 Å². The Kier molecular flexibility index (Phi) is 2.36. The summed E-state index contributed by atoms with van der Waals surface area (Å²) in [6.07, 6.45) is 5.60. The van der Waals surface area contributed by atoms with Gasteiger partial charge in [-0.15, -0.1) is 0 Å². The SMILES string of the molecule is O=C1CN(C23CCC(O)(CC2)C3)c2nc(Cl)ncc2N1. The standard InChI is InChI=1S/C13H15ClN4O2/c14-11-15-5-8-10(17-11)18(6-9(19)16-8)12-1-3-13(20,7-12)4-2-12/h5,20H,1-4,6-7H2,(H,16,19). The van der Waals surface area contributed by atoms with Gasteiger partial charge in [-0.2, -0.15) is 4.98 Å². The third-order valence-electron chi connectivity index (χ3n) is 4.91. The molecule has 6 nitrogen and oxygen atoms in total. The van der Waals surface area contributed by atoms with Crippen molar-refractivity contribution in [2.45, 2.75) is 43.2 Å². The van der Waals surface area contributed by atoms with E-state index in [9.17, 15) is 9.90 Å². The van der Waals surface area contributed by atoms with Gasteiger partial charge in [0.05, 0.1) is 18.3 Å². The van der Waals surface area contributed by atoms with Gasteiger partial charge in [0.2, 0.25) is 11.2 Å². The number of carbonyl (C=O) groups is 1. The number of amides is 1. The summed E-state index contributed by atoms with van der Waals surface area (Å²) in [5, 5.41) is 13.4. The summed E-state index contributed by atoms with van der Waals surface area (Å²) in [5.74, 6) is 0.607. The average Bonchev–Trinajstić information content (AvgIpc) is 2.93. The minimum Gasteiger partial charge on any atom is -0.390 e. The first-order chi connectivity index (χ1) is 9.50. The van der Waals surface area contributed by atoms with Gasteiger partial charge in [-0.05, 0) is 43.7 Å². The Balaban J connectivity index is 1.80. The number of fused-ring (bicyclic) bond motifs is 3. The number of hydrogen-bond acceptors (Lipinski definition) is 5. The van der Waals surface area contributed by atoms with Gasteiger partial charge in [-0.25, -0.2) is 4.98 Å². The van der Waals surface area contributed by atoms with Gasteiger partial charge in [0.1, 0.15) is 5.69 Å². The van der Waals surface area contributed by atoms with Gasteiger partial charge < -0.3 is 15.3 Å². The highest BCUT2D eigenvalue weighted by Gasteiger charge is 2.57. The molecule has 3 aliphatic rings. The minimum atomic E-state index is -0.565. The van der Waals surface area contributed by atoms with Crippen LogP contribution in [0.4, 0.5) is 11.5 Å². The maximum atomic E-state index is 11.9. The number of hydrogen-bond donors (Lipinski definition) is 2. The fourth-order valence-electron chi connectivity index (χ4n) is 3.96. The van der Waals surface area contributed by atoms with Crippen molar-refractivity contribution in [1.82, 2.24) is 9.97 Å². The summed E-state index contributed by atoms with van der Waals surface area (Å²) in [6, 6.07) is 0. The smallest absolute Gasteiger partial charge is 0.244 e. The summed E-state index contributed by atoms with van der Waals surface area (Å²) in [6.45, 7) is 0.260. The maximum Gasteiger partial charge on any atom is 0.244 e. The molecule has 2 N–H and O–H groups in total. The molecule has 20 heavy (non-hydrogen) atoms. The number of anilines is 2. The number of nitrogens with one attached hydrogen (secondary N) is 1. The molecule has 0 unspecified atom stereocenters. The summed E-state index contributed by atoms with van der Waals surface area (Å²) < 4.78 is 0. The van der Waals surface area contributed by atoms with E-state index in [-0.39, 0.29) is 23.3 Å². The highest BCUT2D eigenvalue weighted by molar-refractivity contribution is 6.28. The van der Waals surface area contributed by atoms with Crippen LogP contribution in [0.5, 0.6) is 0 Å². The predicted molar refractivity (Wildman–Crippen MR) is 73.8 cm³/mol. The average molecular weight is 295 g/mol. The van der Waals surface area contributed by atoms with E-state index in [0.717, 1.165) is 25.7 Å². The highest BCUT2D eigenvalue weighted by Crippen LogP contribution is 2.55. The lowest BCUT2D eigenvalue weighted by molar-refractivity contribution is -0.115. The Morgan fingerprint density at radius 1 is 1.35 bits per heavy atom. The first-order valence-electron chi connectivity index (χ1n) is 6.82. The second-order valence-corrected chi connectivity index (χ2v) is 6.47. The Bertz CT molecular complexity index is 598. The van der Waals surface area contributed by atoms with E-state index in [0.29, 0.717) is 17.9 Å². The van der Waals surface area contributed by atoms with Crippen molar-refractivity contribution < 1.29 is 9.90 Å². The van der Waals surface area contributed by atoms with E-state index >= 15 is 0 Å². The fraction of sp³-hybridized carbons (Fsp3) is 0.615. The zero-order valence-electron chi connectivity index (χ0n) is 10.9. The molecule has 2 saturated carbocycles. The molecule has 0 saturated heterocycles. The number of rotatable bonds is 1. The van der Waals surface area contributed by atoms with Crippen molar-refractivity contribution in [3.8, 4) is 0 Å². The van der Waals surface area contributed by atoms with Crippen LogP contribution in [0.3, 0.4) is 0 Å². The Morgan fingerprint density at radius 3 is 2.75 bits per heavy atom. The summed E-state index contributed by atoms with van der Waals surface area (Å²) in [5.41, 5.74) is -0.133. The lowest BCUT2D eigenvalue weighted by atomic mass is 9.90. The number of aromatic nitrogens is 2. The molecular formula is C13H15ClN4O2. The van der Waals surface area contributed by atoms with Crippen LogP contribution < -0.4 is 10.2 Å². The lowest BCUT2D eigenvalue weighted by Gasteiger charge is -2.43. The van der Waals surface area contributed by atoms with E-state index in [1.165, 1.54) is 0 Å². The van der Waals surface area contributed by atoms with Crippen LogP contribution in [0.25, 0.3) is 0 Å². The molecule has 1 amide bonds. The Morgan fingerprint density at radius 2 is 2.10 bits per heavy atom. The van der Waals surface area contributed by atoms with Crippen molar-refractivity contribution in [2.24, 2.45) is 0 Å². The van der Waals surface area contributed by atoms with Crippen LogP contribution in [0, 0.1) is 0 Å². The van der Waals surface area contributed by atoms with Gasteiger partial charge in [-0.1, -0.05) is 0 Å². The van der Waals surface area contributed by atoms with Crippen molar-refractivity contribution in [3.05, 3.63) is 11.5 Å². The minimum absolute atomic E-state index is 0.0693. The van der Waals surface area contributed by atoms with E-state index in [2.05, 4.69) is 15.3 Å². The largest absolute Gasteiger partial charge is 0.390 e. The molecule has 2 aliphatic carbocycles. The fourth-order valence-corrected chi connectivity index (χ4v) is 4.09. The van der Waals surface area contributed by atoms with Crippen LogP contribution in [0.15, 0.2) is 6.20 Å². The molecule has 0 spiro atoms. The third-order valence-corrected chi connectivity index (χ3v) is 5.09. The Hall–Kier alpha value is -1.40. The normalized spacial score (nSPS) is 35.1. The highest BCUT2D eigenvalue weighted by atomic mass is 35.5. The van der Waals surface area contributed by atoms with Gasteiger partial charge >= 0.3 is 0 Å². The lowest BCUT2D eigenvalue weighted by Crippen LogP contribution is -2.52. The molecule has 0 aromatic carbocycles. The molecule has 2 heterocycles. The topological polar surface area (TPSA) is 78.4 Å². The first kappa shape index (κ1) is 12.3. The molecule has 0 atom stereocenters. The van der Waals surface area contributed by atoms with Gasteiger partial charge in [0, 0.05) is 5.54 Å². The molecule has 1 aromatic heterocycles. The third kappa shape index (κ3) is 1.64. The van der Waals surface area contributed by atoms with Crippen molar-refractivity contribution in [2.75, 3.05) is 16.8 Å². The molecule has 4 rings (SSSR count). The van der Waals surface area contributed by atoms with Crippen LogP contribution in [-0.2, 0) is 4.79 Å². The van der Waals surface area contributed by atoms with Gasteiger partial charge in [-0.3, -0.25) is 4.79 Å². The second-order valence-electron chi connectivity index (χ2n) is 6.14. The first-order valence-corrected chi connectivity index (χ1v) is 7.20. The molecule has 1 aliphatic heterocycles. The zero-order valence-corrected chi connectivity index (χ0v) is 11.7. The molecule has 2 bridgehead atoms. The molecule has 106 valence electrons. The van der Waals surface area contributed by atoms with Crippen LogP contribution in [-0.4, -0.2) is 38.7 Å². The van der Waals surface area contributed by atoms with Gasteiger partial charge in [0.15, 0.2) is 5.82 Å².